The maximum absolute atomic E-state index is 9.91. The lowest BCUT2D eigenvalue weighted by Crippen LogP contribution is -2.11. The number of hydrogen-bond donors (Lipinski definition) is 1. The third-order valence-electron chi connectivity index (χ3n) is 3.22. The van der Waals surface area contributed by atoms with Crippen molar-refractivity contribution in [3.05, 3.63) is 100 Å². The molecule has 1 amide bonds. The van der Waals surface area contributed by atoms with Crippen molar-refractivity contribution in [2.24, 2.45) is 0 Å². The minimum atomic E-state index is -0.296. The van der Waals surface area contributed by atoms with Gasteiger partial charge in [0.1, 0.15) is 6.61 Å². The van der Waals surface area contributed by atoms with Crippen LogP contribution >= 0.6 is 23.2 Å². The average Bonchev–Trinajstić information content (AvgIpc) is 3.22. The molecule has 0 bridgehead atoms. The van der Waals surface area contributed by atoms with Crippen LogP contribution in [0.15, 0.2) is 79.1 Å². The van der Waals surface area contributed by atoms with E-state index in [0.717, 1.165) is 11.1 Å². The molecule has 0 radical (unpaired) electrons. The fourth-order valence-corrected chi connectivity index (χ4v) is 2.16. The first-order valence-corrected chi connectivity index (χ1v) is 9.18. The number of ether oxygens (including phenoxy) is 1. The van der Waals surface area contributed by atoms with Gasteiger partial charge < -0.3 is 10.1 Å². The van der Waals surface area contributed by atoms with Gasteiger partial charge >= 0.3 is 6.09 Å². The van der Waals surface area contributed by atoms with Crippen molar-refractivity contribution in [2.75, 3.05) is 13.2 Å². The number of cyclic esters (lactones) is 1. The van der Waals surface area contributed by atoms with Gasteiger partial charge in [0.25, 0.3) is 0 Å². The summed E-state index contributed by atoms with van der Waals surface area (Å²) in [6.45, 7) is 1.19. The first kappa shape index (κ1) is 21.3. The molecule has 2 heterocycles. The van der Waals surface area contributed by atoms with Gasteiger partial charge in [-0.1, -0.05) is 65.4 Å². The summed E-state index contributed by atoms with van der Waals surface area (Å²) in [5.41, 5.74) is 1.97. The van der Waals surface area contributed by atoms with Crippen LogP contribution in [-0.4, -0.2) is 24.2 Å². The van der Waals surface area contributed by atoms with Gasteiger partial charge in [-0.3, -0.25) is 4.98 Å². The van der Waals surface area contributed by atoms with E-state index in [0.29, 0.717) is 23.2 Å². The van der Waals surface area contributed by atoms with Crippen LogP contribution < -0.4 is 5.32 Å². The van der Waals surface area contributed by atoms with E-state index in [4.69, 9.17) is 23.2 Å². The Bertz CT molecular complexity index is 851. The third kappa shape index (κ3) is 8.59. The first-order chi connectivity index (χ1) is 13.6. The van der Waals surface area contributed by atoms with E-state index in [9.17, 15) is 4.79 Å². The standard InChI is InChI=1S/C13H9N.C6H4Cl2.C3H5NO2/c1-2-5-12(6-3-1)8-9-13-7-4-10-14-11-13;7-5-3-1-2-4-6(5)8;5-3-4-1-2-6-3/h1-7,10-11H;1-4H;1-2H2,(H,4,5). The second kappa shape index (κ2) is 12.4. The highest BCUT2D eigenvalue weighted by Gasteiger charge is 2.06. The van der Waals surface area contributed by atoms with Crippen LogP contribution in [0.5, 0.6) is 0 Å². The molecule has 3 aromatic rings. The number of amides is 1. The highest BCUT2D eigenvalue weighted by Crippen LogP contribution is 2.19. The van der Waals surface area contributed by atoms with Crippen molar-refractivity contribution in [3.63, 3.8) is 0 Å². The number of rotatable bonds is 0. The Balaban J connectivity index is 0.000000169. The molecule has 0 atom stereocenters. The van der Waals surface area contributed by atoms with E-state index in [1.807, 2.05) is 54.6 Å². The molecule has 6 heteroatoms. The summed E-state index contributed by atoms with van der Waals surface area (Å²) >= 11 is 11.2. The lowest BCUT2D eigenvalue weighted by atomic mass is 10.2. The van der Waals surface area contributed by atoms with Crippen molar-refractivity contribution in [2.45, 2.75) is 0 Å². The lowest BCUT2D eigenvalue weighted by molar-refractivity contribution is 0.178. The Labute approximate surface area is 174 Å². The molecule has 4 rings (SSSR count). The fraction of sp³-hybridized carbons (Fsp3) is 0.0909. The molecule has 0 aliphatic carbocycles. The quantitative estimate of drug-likeness (QED) is 0.516. The summed E-state index contributed by atoms with van der Waals surface area (Å²) in [4.78, 5) is 13.9. The number of carbonyl (C=O) groups is 1. The topological polar surface area (TPSA) is 51.2 Å². The molecule has 28 heavy (non-hydrogen) atoms. The summed E-state index contributed by atoms with van der Waals surface area (Å²) in [5.74, 6) is 6.12. The van der Waals surface area contributed by atoms with Gasteiger partial charge in [0, 0.05) is 23.5 Å². The van der Waals surface area contributed by atoms with E-state index in [-0.39, 0.29) is 6.09 Å². The Morgan fingerprint density at radius 3 is 1.93 bits per heavy atom. The number of carbonyl (C=O) groups excluding carboxylic acids is 1. The largest absolute Gasteiger partial charge is 0.448 e. The Morgan fingerprint density at radius 2 is 1.46 bits per heavy atom. The van der Waals surface area contributed by atoms with E-state index in [1.165, 1.54) is 0 Å². The lowest BCUT2D eigenvalue weighted by Gasteiger charge is -1.88. The van der Waals surface area contributed by atoms with Crippen LogP contribution in [0, 0.1) is 11.8 Å². The van der Waals surface area contributed by atoms with Crippen LogP contribution in [-0.2, 0) is 4.74 Å². The average molecular weight is 413 g/mol. The summed E-state index contributed by atoms with van der Waals surface area (Å²) in [5, 5.41) is 3.67. The Hall–Kier alpha value is -3.00. The molecule has 0 saturated carbocycles. The van der Waals surface area contributed by atoms with Gasteiger partial charge in [-0.05, 0) is 36.4 Å². The zero-order valence-corrected chi connectivity index (χ0v) is 16.5. The number of aromatic nitrogens is 1. The predicted octanol–water partition coefficient (Wildman–Crippen LogP) is 5.20. The maximum Gasteiger partial charge on any atom is 0.407 e. The number of nitrogens with zero attached hydrogens (tertiary/aromatic N) is 1. The second-order valence-electron chi connectivity index (χ2n) is 5.33. The zero-order chi connectivity index (χ0) is 20.0. The number of nitrogens with one attached hydrogen (secondary N) is 1. The summed E-state index contributed by atoms with van der Waals surface area (Å²) < 4.78 is 4.40. The summed E-state index contributed by atoms with van der Waals surface area (Å²) in [6.07, 6.45) is 3.21. The Kier molecular flexibility index (Phi) is 9.43. The van der Waals surface area contributed by atoms with Crippen LogP contribution in [0.2, 0.25) is 10.0 Å². The molecule has 1 aliphatic heterocycles. The van der Waals surface area contributed by atoms with Crippen LogP contribution in [0.25, 0.3) is 0 Å². The predicted molar refractivity (Wildman–Crippen MR) is 112 cm³/mol. The van der Waals surface area contributed by atoms with E-state index < -0.39 is 0 Å². The molecule has 0 spiro atoms. The SMILES string of the molecule is C(#Cc1cccnc1)c1ccccc1.Clc1ccccc1Cl.O=C1NCCO1. The van der Waals surface area contributed by atoms with E-state index in [1.54, 1.807) is 24.5 Å². The van der Waals surface area contributed by atoms with Crippen molar-refractivity contribution in [3.8, 4) is 11.8 Å². The molecule has 2 aromatic carbocycles. The zero-order valence-electron chi connectivity index (χ0n) is 14.9. The van der Waals surface area contributed by atoms with Crippen molar-refractivity contribution in [1.82, 2.24) is 10.3 Å². The van der Waals surface area contributed by atoms with Crippen LogP contribution in [0.4, 0.5) is 4.79 Å². The molecule has 1 aromatic heterocycles. The van der Waals surface area contributed by atoms with Gasteiger partial charge in [0.2, 0.25) is 0 Å². The number of benzene rings is 2. The minimum Gasteiger partial charge on any atom is -0.448 e. The van der Waals surface area contributed by atoms with Crippen molar-refractivity contribution in [1.29, 1.82) is 0 Å². The summed E-state index contributed by atoms with van der Waals surface area (Å²) in [7, 11) is 0. The molecular weight excluding hydrogens is 395 g/mol. The Morgan fingerprint density at radius 1 is 0.857 bits per heavy atom. The number of pyridine rings is 1. The highest BCUT2D eigenvalue weighted by molar-refractivity contribution is 6.41. The third-order valence-corrected chi connectivity index (χ3v) is 3.97. The molecule has 0 unspecified atom stereocenters. The van der Waals surface area contributed by atoms with E-state index in [2.05, 4.69) is 26.9 Å². The van der Waals surface area contributed by atoms with Crippen molar-refractivity contribution < 1.29 is 9.53 Å². The second-order valence-corrected chi connectivity index (χ2v) is 6.15. The molecule has 1 aliphatic rings. The molecule has 1 fully saturated rings. The molecule has 1 N–H and O–H groups in total. The number of halogens is 2. The molecule has 1 saturated heterocycles. The van der Waals surface area contributed by atoms with Gasteiger partial charge in [0.15, 0.2) is 0 Å². The monoisotopic (exact) mass is 412 g/mol. The van der Waals surface area contributed by atoms with Gasteiger partial charge in [0.05, 0.1) is 16.6 Å². The fourth-order valence-electron chi connectivity index (χ4n) is 1.89. The van der Waals surface area contributed by atoms with Crippen molar-refractivity contribution >= 4 is 29.3 Å². The first-order valence-electron chi connectivity index (χ1n) is 8.43. The minimum absolute atomic E-state index is 0.296. The van der Waals surface area contributed by atoms with Gasteiger partial charge in [-0.15, -0.1) is 0 Å². The molecule has 142 valence electrons. The maximum atomic E-state index is 9.91. The number of hydrogen-bond acceptors (Lipinski definition) is 3. The van der Waals surface area contributed by atoms with E-state index >= 15 is 0 Å². The molecular formula is C22H18Cl2N2O2. The van der Waals surface area contributed by atoms with Crippen LogP contribution in [0.3, 0.4) is 0 Å². The summed E-state index contributed by atoms with van der Waals surface area (Å²) in [6, 6.07) is 20.9. The van der Waals surface area contributed by atoms with Gasteiger partial charge in [-0.25, -0.2) is 4.79 Å². The number of alkyl carbamates (subject to hydrolysis) is 1. The highest BCUT2D eigenvalue weighted by atomic mass is 35.5. The molecule has 4 nitrogen and oxygen atoms in total. The van der Waals surface area contributed by atoms with Crippen LogP contribution in [0.1, 0.15) is 11.1 Å². The van der Waals surface area contributed by atoms with Gasteiger partial charge in [-0.2, -0.15) is 0 Å². The normalized spacial score (nSPS) is 11.3. The smallest absolute Gasteiger partial charge is 0.407 e.